The van der Waals surface area contributed by atoms with Gasteiger partial charge >= 0.3 is 0 Å². The summed E-state index contributed by atoms with van der Waals surface area (Å²) in [6, 6.07) is 0. The van der Waals surface area contributed by atoms with Crippen LogP contribution in [-0.4, -0.2) is 75.7 Å². The molecule has 0 atom stereocenters. The van der Waals surface area contributed by atoms with Gasteiger partial charge in [0.1, 0.15) is 6.61 Å². The molecule has 0 aromatic heterocycles. The molecule has 0 bridgehead atoms. The van der Waals surface area contributed by atoms with Gasteiger partial charge < -0.3 is 19.6 Å². The molecule has 1 fully saturated rings. The second kappa shape index (κ2) is 10.0. The summed E-state index contributed by atoms with van der Waals surface area (Å²) < 4.78 is 15.4. The van der Waals surface area contributed by atoms with E-state index in [1.54, 1.807) is 0 Å². The SMILES string of the molecule is [CH2]COCCOCC(=O)C(=N)CCN1CCOCC1. The van der Waals surface area contributed by atoms with Crippen molar-refractivity contribution in [3.05, 3.63) is 6.92 Å². The molecule has 0 amide bonds. The molecule has 0 aromatic carbocycles. The van der Waals surface area contributed by atoms with Crippen molar-refractivity contribution in [3.63, 3.8) is 0 Å². The van der Waals surface area contributed by atoms with Crippen LogP contribution in [0.4, 0.5) is 0 Å². The van der Waals surface area contributed by atoms with E-state index in [4.69, 9.17) is 19.6 Å². The summed E-state index contributed by atoms with van der Waals surface area (Å²) in [6.07, 6.45) is 0.470. The highest BCUT2D eigenvalue weighted by Crippen LogP contribution is 1.99. The summed E-state index contributed by atoms with van der Waals surface area (Å²) in [5, 5.41) is 7.70. The zero-order valence-corrected chi connectivity index (χ0v) is 11.4. The molecule has 19 heavy (non-hydrogen) atoms. The van der Waals surface area contributed by atoms with E-state index >= 15 is 0 Å². The Morgan fingerprint density at radius 2 is 1.95 bits per heavy atom. The van der Waals surface area contributed by atoms with Crippen LogP contribution in [-0.2, 0) is 19.0 Å². The minimum Gasteiger partial charge on any atom is -0.379 e. The molecule has 6 nitrogen and oxygen atoms in total. The number of rotatable bonds is 10. The zero-order valence-electron chi connectivity index (χ0n) is 11.4. The van der Waals surface area contributed by atoms with E-state index in [1.165, 1.54) is 0 Å². The summed E-state index contributed by atoms with van der Waals surface area (Å²) in [5.74, 6) is -0.247. The van der Waals surface area contributed by atoms with Gasteiger partial charge in [-0.15, -0.1) is 0 Å². The number of carbonyl (C=O) groups excluding carboxylic acids is 1. The molecule has 0 aliphatic carbocycles. The molecular weight excluding hydrogens is 248 g/mol. The topological polar surface area (TPSA) is 71.9 Å². The number of hydrogen-bond acceptors (Lipinski definition) is 6. The monoisotopic (exact) mass is 271 g/mol. The van der Waals surface area contributed by atoms with Gasteiger partial charge in [-0.2, -0.15) is 0 Å². The first kappa shape index (κ1) is 16.2. The highest BCUT2D eigenvalue weighted by atomic mass is 16.5. The minimum absolute atomic E-state index is 0.0392. The van der Waals surface area contributed by atoms with Crippen molar-refractivity contribution in [2.45, 2.75) is 6.42 Å². The number of ether oxygens (including phenoxy) is 3. The van der Waals surface area contributed by atoms with E-state index in [0.717, 1.165) is 32.8 Å². The van der Waals surface area contributed by atoms with E-state index in [1.807, 2.05) is 0 Å². The molecule has 0 spiro atoms. The fourth-order valence-electron chi connectivity index (χ4n) is 1.71. The lowest BCUT2D eigenvalue weighted by atomic mass is 10.2. The van der Waals surface area contributed by atoms with Gasteiger partial charge in [0.25, 0.3) is 0 Å². The van der Waals surface area contributed by atoms with Gasteiger partial charge in [0, 0.05) is 32.7 Å². The molecule has 1 heterocycles. The van der Waals surface area contributed by atoms with Gasteiger partial charge in [-0.1, -0.05) is 0 Å². The van der Waals surface area contributed by atoms with E-state index in [9.17, 15) is 4.79 Å². The number of nitrogens with one attached hydrogen (secondary N) is 1. The van der Waals surface area contributed by atoms with Crippen molar-refractivity contribution in [2.24, 2.45) is 0 Å². The van der Waals surface area contributed by atoms with E-state index in [0.29, 0.717) is 26.2 Å². The van der Waals surface area contributed by atoms with Gasteiger partial charge in [-0.25, -0.2) is 0 Å². The van der Waals surface area contributed by atoms with Crippen LogP contribution >= 0.6 is 0 Å². The number of morpholine rings is 1. The van der Waals surface area contributed by atoms with Crippen molar-refractivity contribution in [3.8, 4) is 0 Å². The van der Waals surface area contributed by atoms with Crippen molar-refractivity contribution in [1.82, 2.24) is 4.90 Å². The maximum absolute atomic E-state index is 11.6. The molecule has 1 aliphatic rings. The van der Waals surface area contributed by atoms with Crippen molar-refractivity contribution < 1.29 is 19.0 Å². The minimum atomic E-state index is -0.247. The summed E-state index contributed by atoms with van der Waals surface area (Å²) in [7, 11) is 0. The summed E-state index contributed by atoms with van der Waals surface area (Å²) >= 11 is 0. The van der Waals surface area contributed by atoms with Crippen LogP contribution < -0.4 is 0 Å². The second-order valence-electron chi connectivity index (χ2n) is 4.27. The van der Waals surface area contributed by atoms with Gasteiger partial charge in [0.15, 0.2) is 0 Å². The first-order chi connectivity index (χ1) is 9.24. The lowest BCUT2D eigenvalue weighted by Gasteiger charge is -2.26. The Balaban J connectivity index is 2.05. The normalized spacial score (nSPS) is 16.5. The Hall–Kier alpha value is -0.820. The Morgan fingerprint density at radius 1 is 1.26 bits per heavy atom. The lowest BCUT2D eigenvalue weighted by Crippen LogP contribution is -2.38. The molecule has 1 N–H and O–H groups in total. The Bertz CT molecular complexity index is 278. The van der Waals surface area contributed by atoms with Crippen molar-refractivity contribution >= 4 is 11.5 Å². The van der Waals surface area contributed by atoms with Crippen LogP contribution in [0, 0.1) is 12.3 Å². The smallest absolute Gasteiger partial charge is 0.201 e. The molecular formula is C13H23N2O4. The summed E-state index contributed by atoms with van der Waals surface area (Å²) in [6.45, 7) is 8.62. The van der Waals surface area contributed by atoms with Crippen LogP contribution in [0.15, 0.2) is 0 Å². The number of carbonyl (C=O) groups is 1. The predicted octanol–water partition coefficient (Wildman–Crippen LogP) is 0.165. The molecule has 0 saturated carbocycles. The molecule has 1 radical (unpaired) electrons. The third-order valence-electron chi connectivity index (χ3n) is 2.87. The van der Waals surface area contributed by atoms with Gasteiger partial charge in [0.2, 0.25) is 5.78 Å². The number of hydrogen-bond donors (Lipinski definition) is 1. The Morgan fingerprint density at radius 3 is 2.63 bits per heavy atom. The molecule has 1 aliphatic heterocycles. The largest absolute Gasteiger partial charge is 0.379 e. The highest BCUT2D eigenvalue weighted by molar-refractivity contribution is 6.39. The van der Waals surface area contributed by atoms with Crippen molar-refractivity contribution in [1.29, 1.82) is 5.41 Å². The lowest BCUT2D eigenvalue weighted by molar-refractivity contribution is -0.117. The Labute approximate surface area is 114 Å². The number of Topliss-reactive ketones (excluding diaryl/α,β-unsaturated/α-hetero) is 1. The van der Waals surface area contributed by atoms with Gasteiger partial charge in [-0.05, 0) is 6.92 Å². The van der Waals surface area contributed by atoms with E-state index in [-0.39, 0.29) is 18.1 Å². The third kappa shape index (κ3) is 7.37. The van der Waals surface area contributed by atoms with Gasteiger partial charge in [0.05, 0.1) is 32.1 Å². The number of ketones is 1. The molecule has 109 valence electrons. The fraction of sp³-hybridized carbons (Fsp3) is 0.769. The van der Waals surface area contributed by atoms with E-state index in [2.05, 4.69) is 11.8 Å². The quantitative estimate of drug-likeness (QED) is 0.453. The first-order valence-electron chi connectivity index (χ1n) is 6.59. The molecule has 1 rings (SSSR count). The summed E-state index contributed by atoms with van der Waals surface area (Å²) in [5.41, 5.74) is 0.129. The molecule has 1 saturated heterocycles. The fourth-order valence-corrected chi connectivity index (χ4v) is 1.71. The highest BCUT2D eigenvalue weighted by Gasteiger charge is 2.14. The van der Waals surface area contributed by atoms with Crippen LogP contribution in [0.25, 0.3) is 0 Å². The van der Waals surface area contributed by atoms with Crippen LogP contribution in [0.2, 0.25) is 0 Å². The Kier molecular flexibility index (Phi) is 8.57. The first-order valence-corrected chi connectivity index (χ1v) is 6.59. The molecule has 6 heteroatoms. The van der Waals surface area contributed by atoms with Crippen molar-refractivity contribution in [2.75, 3.05) is 59.3 Å². The number of nitrogens with zero attached hydrogens (tertiary/aromatic N) is 1. The average molecular weight is 271 g/mol. The van der Waals surface area contributed by atoms with Gasteiger partial charge in [-0.3, -0.25) is 9.69 Å². The third-order valence-corrected chi connectivity index (χ3v) is 2.87. The van der Waals surface area contributed by atoms with E-state index < -0.39 is 0 Å². The summed E-state index contributed by atoms with van der Waals surface area (Å²) in [4.78, 5) is 13.8. The zero-order chi connectivity index (χ0) is 13.9. The van der Waals surface area contributed by atoms with Crippen LogP contribution in [0.3, 0.4) is 0 Å². The van der Waals surface area contributed by atoms with Crippen LogP contribution in [0.1, 0.15) is 6.42 Å². The molecule has 0 aromatic rings. The molecule has 0 unspecified atom stereocenters. The maximum atomic E-state index is 11.6. The maximum Gasteiger partial charge on any atom is 0.201 e. The second-order valence-corrected chi connectivity index (χ2v) is 4.27. The predicted molar refractivity (Wildman–Crippen MR) is 71.6 cm³/mol. The standard InChI is InChI=1S/C13H23N2O4/c1-2-17-9-10-19-11-13(16)12(14)3-4-15-5-7-18-8-6-15/h14H,1-11H2. The average Bonchev–Trinajstić information content (AvgIpc) is 2.45. The van der Waals surface area contributed by atoms with Crippen LogP contribution in [0.5, 0.6) is 0 Å².